The first kappa shape index (κ1) is 20.7. The molecule has 9 heteroatoms. The molecule has 2 rings (SSSR count). The summed E-state index contributed by atoms with van der Waals surface area (Å²) in [5.74, 6) is 0.766. The van der Waals surface area contributed by atoms with Crippen LogP contribution < -0.4 is 34.5 Å². The maximum Gasteiger partial charge on any atom is 0.269 e. The smallest absolute Gasteiger partial charge is 0.269 e. The van der Waals surface area contributed by atoms with Crippen molar-refractivity contribution in [3.63, 3.8) is 0 Å². The van der Waals surface area contributed by atoms with Gasteiger partial charge in [0.05, 0.1) is 35.5 Å². The van der Waals surface area contributed by atoms with E-state index in [1.54, 1.807) is 6.07 Å². The molecule has 2 N–H and O–H groups in total. The first-order valence-electron chi connectivity index (χ1n) is 8.11. The van der Waals surface area contributed by atoms with Crippen LogP contribution in [0.3, 0.4) is 0 Å². The molecule has 0 aliphatic rings. The van der Waals surface area contributed by atoms with Crippen LogP contribution in [0.25, 0.3) is 0 Å². The second-order valence-corrected chi connectivity index (χ2v) is 5.42. The molecule has 9 nitrogen and oxygen atoms in total. The first-order valence-corrected chi connectivity index (χ1v) is 8.11. The van der Waals surface area contributed by atoms with E-state index in [0.717, 1.165) is 0 Å². The van der Waals surface area contributed by atoms with Gasteiger partial charge in [-0.1, -0.05) is 0 Å². The predicted molar refractivity (Wildman–Crippen MR) is 101 cm³/mol. The van der Waals surface area contributed by atoms with Crippen LogP contribution >= 0.6 is 0 Å². The maximum absolute atomic E-state index is 12.4. The number of methoxy groups -OCH3 is 5. The molecule has 2 aromatic carbocycles. The van der Waals surface area contributed by atoms with Gasteiger partial charge in [0.1, 0.15) is 11.5 Å². The highest BCUT2D eigenvalue weighted by Gasteiger charge is 2.18. The molecular weight excluding hydrogens is 368 g/mol. The Labute approximate surface area is 162 Å². The number of benzene rings is 2. The van der Waals surface area contributed by atoms with E-state index in [1.165, 1.54) is 59.8 Å². The summed E-state index contributed by atoms with van der Waals surface area (Å²) in [6, 6.07) is 7.60. The normalized spacial score (nSPS) is 9.89. The van der Waals surface area contributed by atoms with Crippen LogP contribution in [0.15, 0.2) is 30.3 Å². The zero-order chi connectivity index (χ0) is 20.7. The molecule has 0 aliphatic heterocycles. The second kappa shape index (κ2) is 9.36. The van der Waals surface area contributed by atoms with Crippen molar-refractivity contribution in [3.05, 3.63) is 41.5 Å². The van der Waals surface area contributed by atoms with Crippen molar-refractivity contribution in [1.82, 2.24) is 10.9 Å². The fourth-order valence-electron chi connectivity index (χ4n) is 2.41. The Hall–Kier alpha value is -3.62. The Morgan fingerprint density at radius 1 is 0.607 bits per heavy atom. The van der Waals surface area contributed by atoms with Gasteiger partial charge in [0, 0.05) is 17.2 Å². The minimum absolute atomic E-state index is 0.207. The van der Waals surface area contributed by atoms with E-state index in [0.29, 0.717) is 28.7 Å². The number of carbonyl (C=O) groups is 2. The summed E-state index contributed by atoms with van der Waals surface area (Å²) in [4.78, 5) is 24.8. The molecule has 0 bridgehead atoms. The van der Waals surface area contributed by atoms with Crippen LogP contribution in [0.2, 0.25) is 0 Å². The quantitative estimate of drug-likeness (QED) is 0.695. The van der Waals surface area contributed by atoms with Crippen molar-refractivity contribution in [2.75, 3.05) is 35.5 Å². The number of rotatable bonds is 7. The summed E-state index contributed by atoms with van der Waals surface area (Å²) in [5.41, 5.74) is 5.14. The lowest BCUT2D eigenvalue weighted by Crippen LogP contribution is -2.41. The zero-order valence-electron chi connectivity index (χ0n) is 16.2. The van der Waals surface area contributed by atoms with Gasteiger partial charge in [-0.15, -0.1) is 0 Å². The fourth-order valence-corrected chi connectivity index (χ4v) is 2.41. The number of amides is 2. The number of carbonyl (C=O) groups excluding carboxylic acids is 2. The van der Waals surface area contributed by atoms with E-state index in [-0.39, 0.29) is 11.1 Å². The lowest BCUT2D eigenvalue weighted by Gasteiger charge is -2.14. The van der Waals surface area contributed by atoms with Gasteiger partial charge >= 0.3 is 0 Å². The highest BCUT2D eigenvalue weighted by Crippen LogP contribution is 2.38. The molecular formula is C19H22N2O7. The van der Waals surface area contributed by atoms with Crippen molar-refractivity contribution < 1.29 is 33.3 Å². The number of hydrogen-bond acceptors (Lipinski definition) is 7. The Balaban J connectivity index is 2.17. The van der Waals surface area contributed by atoms with Crippen LogP contribution in [-0.4, -0.2) is 47.4 Å². The highest BCUT2D eigenvalue weighted by molar-refractivity contribution is 6.00. The second-order valence-electron chi connectivity index (χ2n) is 5.42. The van der Waals surface area contributed by atoms with Gasteiger partial charge in [0.25, 0.3) is 11.8 Å². The van der Waals surface area contributed by atoms with Crippen LogP contribution in [-0.2, 0) is 0 Å². The number of hydrogen-bond donors (Lipinski definition) is 2. The van der Waals surface area contributed by atoms with Gasteiger partial charge in [-0.3, -0.25) is 20.4 Å². The Bertz CT molecular complexity index is 820. The number of hydrazine groups is 1. The van der Waals surface area contributed by atoms with Crippen molar-refractivity contribution in [1.29, 1.82) is 0 Å². The summed E-state index contributed by atoms with van der Waals surface area (Å²) < 4.78 is 25.9. The molecule has 28 heavy (non-hydrogen) atoms. The molecule has 150 valence electrons. The van der Waals surface area contributed by atoms with Gasteiger partial charge < -0.3 is 23.7 Å². The molecule has 0 spiro atoms. The third-order valence-electron chi connectivity index (χ3n) is 3.83. The van der Waals surface area contributed by atoms with E-state index in [4.69, 9.17) is 23.7 Å². The highest BCUT2D eigenvalue weighted by atomic mass is 16.5. The van der Waals surface area contributed by atoms with Crippen molar-refractivity contribution in [2.24, 2.45) is 0 Å². The van der Waals surface area contributed by atoms with Gasteiger partial charge in [-0.2, -0.15) is 0 Å². The molecule has 0 atom stereocenters. The summed E-state index contributed by atoms with van der Waals surface area (Å²) >= 11 is 0. The Morgan fingerprint density at radius 2 is 1.04 bits per heavy atom. The monoisotopic (exact) mass is 390 g/mol. The fraction of sp³-hybridized carbons (Fsp3) is 0.263. The van der Waals surface area contributed by atoms with E-state index in [1.807, 2.05) is 0 Å². The molecule has 0 fully saturated rings. The lowest BCUT2D eigenvalue weighted by molar-refractivity contribution is 0.0846. The maximum atomic E-state index is 12.4. The molecule has 2 amide bonds. The summed E-state index contributed by atoms with van der Waals surface area (Å²) in [5, 5.41) is 0. The van der Waals surface area contributed by atoms with Crippen LogP contribution in [0.5, 0.6) is 28.7 Å². The average Bonchev–Trinajstić information content (AvgIpc) is 2.75. The zero-order valence-corrected chi connectivity index (χ0v) is 16.2. The molecule has 0 heterocycles. The van der Waals surface area contributed by atoms with Gasteiger partial charge in [0.2, 0.25) is 5.75 Å². The van der Waals surface area contributed by atoms with Gasteiger partial charge in [-0.05, 0) is 24.3 Å². The molecule has 0 unspecified atom stereocenters. The molecule has 0 radical (unpaired) electrons. The molecule has 0 aliphatic carbocycles. The van der Waals surface area contributed by atoms with E-state index < -0.39 is 11.8 Å². The Morgan fingerprint density at radius 3 is 1.39 bits per heavy atom. The summed E-state index contributed by atoms with van der Waals surface area (Å²) in [7, 11) is 7.29. The van der Waals surface area contributed by atoms with E-state index >= 15 is 0 Å². The van der Waals surface area contributed by atoms with Crippen molar-refractivity contribution >= 4 is 11.8 Å². The topological polar surface area (TPSA) is 104 Å². The number of nitrogens with one attached hydrogen (secondary N) is 2. The van der Waals surface area contributed by atoms with Crippen LogP contribution in [0.1, 0.15) is 20.7 Å². The van der Waals surface area contributed by atoms with Crippen LogP contribution in [0.4, 0.5) is 0 Å². The van der Waals surface area contributed by atoms with E-state index in [2.05, 4.69) is 10.9 Å². The SMILES string of the molecule is COc1cc(OC)cc(C(=O)NNC(=O)c2cc(OC)c(OC)c(OC)c2)c1. The van der Waals surface area contributed by atoms with Crippen LogP contribution in [0, 0.1) is 0 Å². The summed E-state index contributed by atoms with van der Waals surface area (Å²) in [6.45, 7) is 0. The minimum Gasteiger partial charge on any atom is -0.497 e. The number of ether oxygens (including phenoxy) is 5. The lowest BCUT2D eigenvalue weighted by atomic mass is 10.1. The van der Waals surface area contributed by atoms with Crippen molar-refractivity contribution in [3.8, 4) is 28.7 Å². The predicted octanol–water partition coefficient (Wildman–Crippen LogP) is 1.80. The molecule has 0 aromatic heterocycles. The minimum atomic E-state index is -0.567. The third kappa shape index (κ3) is 4.56. The van der Waals surface area contributed by atoms with Gasteiger partial charge in [-0.25, -0.2) is 0 Å². The third-order valence-corrected chi connectivity index (χ3v) is 3.83. The standard InChI is InChI=1S/C19H22N2O7/c1-24-13-6-11(7-14(10-13)25-2)18(22)20-21-19(23)12-8-15(26-3)17(28-5)16(9-12)27-4/h6-10H,1-5H3,(H,20,22)(H,21,23). The van der Waals surface area contributed by atoms with Crippen molar-refractivity contribution in [2.45, 2.75) is 0 Å². The van der Waals surface area contributed by atoms with E-state index in [9.17, 15) is 9.59 Å². The molecule has 0 saturated heterocycles. The van der Waals surface area contributed by atoms with Gasteiger partial charge in [0.15, 0.2) is 11.5 Å². The summed E-state index contributed by atoms with van der Waals surface area (Å²) in [6.07, 6.45) is 0. The molecule has 0 saturated carbocycles. The average molecular weight is 390 g/mol. The Kier molecular flexibility index (Phi) is 6.91. The largest absolute Gasteiger partial charge is 0.497 e. The molecule has 2 aromatic rings. The first-order chi connectivity index (χ1) is 13.5.